The van der Waals surface area contributed by atoms with Crippen LogP contribution in [0.5, 0.6) is 11.5 Å². The molecule has 0 fully saturated rings. The molecule has 0 bridgehead atoms. The van der Waals surface area contributed by atoms with Crippen LogP contribution in [0.25, 0.3) is 0 Å². The summed E-state index contributed by atoms with van der Waals surface area (Å²) in [4.78, 5) is 24.8. The van der Waals surface area contributed by atoms with Gasteiger partial charge in [-0.05, 0) is 61.0 Å². The van der Waals surface area contributed by atoms with Crippen LogP contribution < -0.4 is 14.8 Å². The quantitative estimate of drug-likeness (QED) is 0.286. The highest BCUT2D eigenvalue weighted by Gasteiger charge is 2.13. The van der Waals surface area contributed by atoms with E-state index in [2.05, 4.69) is 5.32 Å². The highest BCUT2D eigenvalue weighted by molar-refractivity contribution is 6.32. The maximum atomic E-state index is 12.8. The van der Waals surface area contributed by atoms with Gasteiger partial charge in [0.15, 0.2) is 0 Å². The number of methoxy groups -OCH3 is 1. The fraction of sp³-hybridized carbons (Fsp3) is 0.231. The van der Waals surface area contributed by atoms with Crippen molar-refractivity contribution in [3.05, 3.63) is 88.4 Å². The van der Waals surface area contributed by atoms with Crippen LogP contribution >= 0.6 is 11.6 Å². The maximum absolute atomic E-state index is 12.8. The van der Waals surface area contributed by atoms with E-state index in [4.69, 9.17) is 25.8 Å². The number of benzene rings is 3. The van der Waals surface area contributed by atoms with Crippen molar-refractivity contribution in [1.29, 1.82) is 0 Å². The van der Waals surface area contributed by atoms with Crippen LogP contribution in [0.4, 0.5) is 5.69 Å². The largest absolute Gasteiger partial charge is 0.496 e. The van der Waals surface area contributed by atoms with Crippen molar-refractivity contribution in [2.24, 2.45) is 0 Å². The van der Waals surface area contributed by atoms with Crippen molar-refractivity contribution < 1.29 is 23.8 Å². The molecule has 0 aliphatic carbocycles. The molecule has 0 aliphatic rings. The normalized spacial score (nSPS) is 10.4. The number of amides is 1. The Hall–Kier alpha value is -3.51. The molecular formula is C26H26ClNO5. The molecule has 3 aromatic carbocycles. The second kappa shape index (κ2) is 11.9. The first-order valence-electron chi connectivity index (χ1n) is 10.6. The third-order valence-electron chi connectivity index (χ3n) is 4.87. The average Bonchev–Trinajstić information content (AvgIpc) is 2.84. The van der Waals surface area contributed by atoms with E-state index in [-0.39, 0.29) is 18.5 Å². The molecule has 0 aliphatic heterocycles. The summed E-state index contributed by atoms with van der Waals surface area (Å²) in [6, 6.07) is 18.9. The van der Waals surface area contributed by atoms with Gasteiger partial charge in [-0.15, -0.1) is 0 Å². The molecule has 7 heteroatoms. The number of ether oxygens (including phenoxy) is 3. The Bertz CT molecular complexity index is 1100. The van der Waals surface area contributed by atoms with Crippen molar-refractivity contribution >= 4 is 29.2 Å². The number of hydrogen-bond donors (Lipinski definition) is 1. The van der Waals surface area contributed by atoms with Crippen LogP contribution in [0, 0.1) is 0 Å². The average molecular weight is 468 g/mol. The topological polar surface area (TPSA) is 73.9 Å². The zero-order valence-electron chi connectivity index (χ0n) is 18.6. The molecule has 33 heavy (non-hydrogen) atoms. The minimum atomic E-state index is -0.375. The molecule has 1 N–H and O–H groups in total. The summed E-state index contributed by atoms with van der Waals surface area (Å²) in [5.74, 6) is 0.475. The summed E-state index contributed by atoms with van der Waals surface area (Å²) in [5, 5.41) is 3.33. The zero-order chi connectivity index (χ0) is 23.6. The van der Waals surface area contributed by atoms with Gasteiger partial charge in [0.25, 0.3) is 5.91 Å². The zero-order valence-corrected chi connectivity index (χ0v) is 19.4. The van der Waals surface area contributed by atoms with E-state index in [1.807, 2.05) is 19.1 Å². The fourth-order valence-corrected chi connectivity index (χ4v) is 3.23. The summed E-state index contributed by atoms with van der Waals surface area (Å²) >= 11 is 6.15. The maximum Gasteiger partial charge on any atom is 0.338 e. The van der Waals surface area contributed by atoms with Crippen molar-refractivity contribution in [1.82, 2.24) is 0 Å². The van der Waals surface area contributed by atoms with Gasteiger partial charge in [0.1, 0.15) is 18.1 Å². The van der Waals surface area contributed by atoms with Crippen molar-refractivity contribution in [2.75, 3.05) is 19.0 Å². The Kier molecular flexibility index (Phi) is 8.72. The highest BCUT2D eigenvalue weighted by atomic mass is 35.5. The molecular weight excluding hydrogens is 442 g/mol. The third-order valence-corrected chi connectivity index (χ3v) is 5.18. The summed E-state index contributed by atoms with van der Waals surface area (Å²) in [6.07, 6.45) is 1.78. The molecule has 1 amide bonds. The SMILES string of the molecule is CCCCOC(=O)c1ccc(NC(=O)c2ccc(OC)c(COc3ccccc3Cl)c2)cc1. The lowest BCUT2D eigenvalue weighted by atomic mass is 10.1. The smallest absolute Gasteiger partial charge is 0.338 e. The van der Waals surface area contributed by atoms with Gasteiger partial charge in [0.2, 0.25) is 0 Å². The Labute approximate surface area is 198 Å². The standard InChI is InChI=1S/C26H26ClNO5/c1-3-4-15-32-26(30)18-9-12-21(13-10-18)28-25(29)19-11-14-23(31-2)20(16-19)17-33-24-8-6-5-7-22(24)27/h5-14,16H,3-4,15,17H2,1-2H3,(H,28,29). The van der Waals surface area contributed by atoms with Crippen LogP contribution in [0.2, 0.25) is 5.02 Å². The molecule has 0 saturated carbocycles. The number of carbonyl (C=O) groups is 2. The molecule has 0 saturated heterocycles. The first-order valence-corrected chi connectivity index (χ1v) is 11.0. The Morgan fingerprint density at radius 2 is 1.67 bits per heavy atom. The van der Waals surface area contributed by atoms with Crippen LogP contribution in [0.1, 0.15) is 46.0 Å². The number of anilines is 1. The number of unbranched alkanes of at least 4 members (excludes halogenated alkanes) is 1. The summed E-state index contributed by atoms with van der Waals surface area (Å²) in [7, 11) is 1.56. The molecule has 3 rings (SSSR count). The summed E-state index contributed by atoms with van der Waals surface area (Å²) in [6.45, 7) is 2.61. The summed E-state index contributed by atoms with van der Waals surface area (Å²) < 4.78 is 16.4. The van der Waals surface area contributed by atoms with E-state index in [1.54, 1.807) is 61.7 Å². The molecule has 0 heterocycles. The van der Waals surface area contributed by atoms with Crippen molar-refractivity contribution in [3.8, 4) is 11.5 Å². The summed E-state index contributed by atoms with van der Waals surface area (Å²) in [5.41, 5.74) is 2.15. The minimum Gasteiger partial charge on any atom is -0.496 e. The minimum absolute atomic E-state index is 0.183. The van der Waals surface area contributed by atoms with E-state index in [0.29, 0.717) is 45.5 Å². The number of carbonyl (C=O) groups excluding carboxylic acids is 2. The Balaban J connectivity index is 1.66. The molecule has 0 radical (unpaired) electrons. The van der Waals surface area contributed by atoms with Crippen LogP contribution in [-0.4, -0.2) is 25.6 Å². The molecule has 6 nitrogen and oxygen atoms in total. The lowest BCUT2D eigenvalue weighted by Crippen LogP contribution is -2.13. The van der Waals surface area contributed by atoms with Gasteiger partial charge in [-0.3, -0.25) is 4.79 Å². The van der Waals surface area contributed by atoms with Gasteiger partial charge in [-0.1, -0.05) is 37.1 Å². The predicted molar refractivity (Wildman–Crippen MR) is 128 cm³/mol. The van der Waals surface area contributed by atoms with Gasteiger partial charge in [0, 0.05) is 16.8 Å². The highest BCUT2D eigenvalue weighted by Crippen LogP contribution is 2.27. The molecule has 3 aromatic rings. The predicted octanol–water partition coefficient (Wildman–Crippen LogP) is 6.14. The number of nitrogens with one attached hydrogen (secondary N) is 1. The third kappa shape index (κ3) is 6.73. The van der Waals surface area contributed by atoms with Crippen molar-refractivity contribution in [2.45, 2.75) is 26.4 Å². The Morgan fingerprint density at radius 1 is 0.939 bits per heavy atom. The van der Waals surface area contributed by atoms with Gasteiger partial charge in [-0.2, -0.15) is 0 Å². The van der Waals surface area contributed by atoms with Crippen LogP contribution in [0.3, 0.4) is 0 Å². The van der Waals surface area contributed by atoms with E-state index in [1.165, 1.54) is 0 Å². The van der Waals surface area contributed by atoms with Gasteiger partial charge in [0.05, 0.1) is 24.3 Å². The van der Waals surface area contributed by atoms with E-state index >= 15 is 0 Å². The van der Waals surface area contributed by atoms with Gasteiger partial charge in [-0.25, -0.2) is 4.79 Å². The fourth-order valence-electron chi connectivity index (χ4n) is 3.04. The molecule has 0 aromatic heterocycles. The first kappa shape index (κ1) is 24.1. The number of para-hydroxylation sites is 1. The molecule has 172 valence electrons. The number of hydrogen-bond acceptors (Lipinski definition) is 5. The van der Waals surface area contributed by atoms with Crippen LogP contribution in [-0.2, 0) is 11.3 Å². The van der Waals surface area contributed by atoms with E-state index in [0.717, 1.165) is 12.8 Å². The Morgan fingerprint density at radius 3 is 2.36 bits per heavy atom. The first-order chi connectivity index (χ1) is 16.0. The number of esters is 1. The van der Waals surface area contributed by atoms with Crippen LogP contribution in [0.15, 0.2) is 66.7 Å². The van der Waals surface area contributed by atoms with Crippen molar-refractivity contribution in [3.63, 3.8) is 0 Å². The van der Waals surface area contributed by atoms with Gasteiger partial charge >= 0.3 is 5.97 Å². The lowest BCUT2D eigenvalue weighted by Gasteiger charge is -2.13. The van der Waals surface area contributed by atoms with E-state index in [9.17, 15) is 9.59 Å². The molecule has 0 spiro atoms. The molecule has 0 unspecified atom stereocenters. The number of halogens is 1. The number of rotatable bonds is 10. The second-order valence-corrected chi connectivity index (χ2v) is 7.67. The monoisotopic (exact) mass is 467 g/mol. The lowest BCUT2D eigenvalue weighted by molar-refractivity contribution is 0.0499. The second-order valence-electron chi connectivity index (χ2n) is 7.27. The van der Waals surface area contributed by atoms with E-state index < -0.39 is 0 Å². The molecule has 0 atom stereocenters. The van der Waals surface area contributed by atoms with Gasteiger partial charge < -0.3 is 19.5 Å².